The molecule has 5 heteroatoms. The number of carbonyl (C=O) groups excluding carboxylic acids is 1. The molecule has 0 N–H and O–H groups in total. The Kier molecular flexibility index (Phi) is 6.87. The number of nitrogens with zero attached hydrogens (tertiary/aromatic N) is 3. The Hall–Kier alpha value is -2.95. The Morgan fingerprint density at radius 3 is 2.38 bits per heavy atom. The average molecular weight is 434 g/mol. The van der Waals surface area contributed by atoms with Gasteiger partial charge < -0.3 is 4.90 Å². The first-order valence-electron chi connectivity index (χ1n) is 11.4. The summed E-state index contributed by atoms with van der Waals surface area (Å²) in [5.41, 5.74) is 2.23. The van der Waals surface area contributed by atoms with Gasteiger partial charge in [-0.05, 0) is 55.0 Å². The van der Waals surface area contributed by atoms with E-state index in [4.69, 9.17) is 4.98 Å². The molecule has 32 heavy (non-hydrogen) atoms. The van der Waals surface area contributed by atoms with Crippen molar-refractivity contribution in [2.24, 2.45) is 11.3 Å². The van der Waals surface area contributed by atoms with Crippen LogP contribution in [0.15, 0.2) is 53.3 Å². The highest BCUT2D eigenvalue weighted by Gasteiger charge is 2.29. The summed E-state index contributed by atoms with van der Waals surface area (Å²) >= 11 is 0. The molecule has 1 aromatic heterocycles. The molecule has 3 aromatic rings. The van der Waals surface area contributed by atoms with E-state index in [1.54, 1.807) is 4.57 Å². The van der Waals surface area contributed by atoms with E-state index in [0.717, 1.165) is 11.3 Å². The maximum Gasteiger partial charge on any atom is 0.266 e. The number of amides is 1. The Morgan fingerprint density at radius 2 is 1.75 bits per heavy atom. The minimum Gasteiger partial charge on any atom is -0.333 e. The molecule has 0 unspecified atom stereocenters. The van der Waals surface area contributed by atoms with Crippen molar-refractivity contribution >= 4 is 16.8 Å². The lowest BCUT2D eigenvalue weighted by atomic mass is 9.91. The lowest BCUT2D eigenvalue weighted by Crippen LogP contribution is -2.40. The second-order valence-corrected chi connectivity index (χ2v) is 10.3. The Balaban J connectivity index is 2.23. The fourth-order valence-corrected chi connectivity index (χ4v) is 4.01. The van der Waals surface area contributed by atoms with Crippen LogP contribution < -0.4 is 5.56 Å². The molecule has 0 spiro atoms. The number of fused-ring (bicyclic) bond motifs is 1. The van der Waals surface area contributed by atoms with Crippen molar-refractivity contribution in [3.63, 3.8) is 0 Å². The molecule has 0 aliphatic carbocycles. The maximum atomic E-state index is 13.6. The van der Waals surface area contributed by atoms with Crippen LogP contribution in [0.4, 0.5) is 0 Å². The number of hydrogen-bond donors (Lipinski definition) is 0. The van der Waals surface area contributed by atoms with Crippen LogP contribution in [0.2, 0.25) is 0 Å². The highest BCUT2D eigenvalue weighted by molar-refractivity contribution is 5.79. The number of carbonyl (C=O) groups is 1. The van der Waals surface area contributed by atoms with Crippen molar-refractivity contribution in [3.8, 4) is 5.69 Å². The Labute approximate surface area is 191 Å². The standard InChI is InChI=1S/C27H35N3O2/c1-18(2)17-29(24(31)16-27(5,6)7)20(4)25-28-23-14-9-8-13-22(23)26(32)30(25)21-12-10-11-19(3)15-21/h8-15,18,20H,16-17H2,1-7H3/t20-/m1/s1. The predicted molar refractivity (Wildman–Crippen MR) is 131 cm³/mol. The summed E-state index contributed by atoms with van der Waals surface area (Å²) in [5, 5.41) is 0.571. The molecule has 1 amide bonds. The zero-order valence-corrected chi connectivity index (χ0v) is 20.3. The summed E-state index contributed by atoms with van der Waals surface area (Å²) in [6, 6.07) is 14.9. The fourth-order valence-electron chi connectivity index (χ4n) is 4.01. The van der Waals surface area contributed by atoms with Crippen molar-refractivity contribution in [2.45, 2.75) is 60.9 Å². The van der Waals surface area contributed by atoms with Crippen LogP contribution in [0, 0.1) is 18.3 Å². The highest BCUT2D eigenvalue weighted by Crippen LogP contribution is 2.28. The second-order valence-electron chi connectivity index (χ2n) is 10.3. The van der Waals surface area contributed by atoms with Crippen LogP contribution in [0.25, 0.3) is 16.6 Å². The van der Waals surface area contributed by atoms with E-state index in [0.29, 0.717) is 35.6 Å². The smallest absolute Gasteiger partial charge is 0.266 e. The van der Waals surface area contributed by atoms with Gasteiger partial charge in [0.15, 0.2) is 0 Å². The second kappa shape index (κ2) is 9.27. The number of aryl methyl sites for hydroxylation is 1. The van der Waals surface area contributed by atoms with Crippen LogP contribution >= 0.6 is 0 Å². The van der Waals surface area contributed by atoms with Gasteiger partial charge in [-0.3, -0.25) is 14.2 Å². The number of para-hydroxylation sites is 1. The summed E-state index contributed by atoms with van der Waals surface area (Å²) in [6.07, 6.45) is 0.437. The van der Waals surface area contributed by atoms with Gasteiger partial charge in [-0.2, -0.15) is 0 Å². The SMILES string of the molecule is Cc1cccc(-n2c([C@@H](C)N(CC(C)C)C(=O)CC(C)(C)C)nc3ccccc3c2=O)c1. The first-order chi connectivity index (χ1) is 15.0. The number of rotatable bonds is 6. The van der Waals surface area contributed by atoms with Gasteiger partial charge in [0.25, 0.3) is 5.56 Å². The fraction of sp³-hybridized carbons (Fsp3) is 0.444. The predicted octanol–water partition coefficient (Wildman–Crippen LogP) is 5.68. The van der Waals surface area contributed by atoms with E-state index in [1.807, 2.05) is 67.3 Å². The van der Waals surface area contributed by atoms with Crippen molar-refractivity contribution in [1.29, 1.82) is 0 Å². The molecule has 0 radical (unpaired) electrons. The lowest BCUT2D eigenvalue weighted by molar-refractivity contribution is -0.136. The van der Waals surface area contributed by atoms with Gasteiger partial charge >= 0.3 is 0 Å². The van der Waals surface area contributed by atoms with Crippen molar-refractivity contribution < 1.29 is 4.79 Å². The van der Waals surface area contributed by atoms with Crippen molar-refractivity contribution in [1.82, 2.24) is 14.5 Å². The maximum absolute atomic E-state index is 13.6. The third-order valence-electron chi connectivity index (χ3n) is 5.47. The molecule has 2 aromatic carbocycles. The van der Waals surface area contributed by atoms with Gasteiger partial charge in [0, 0.05) is 13.0 Å². The van der Waals surface area contributed by atoms with E-state index < -0.39 is 0 Å². The Bertz CT molecular complexity index is 1170. The summed E-state index contributed by atoms with van der Waals surface area (Å²) in [7, 11) is 0. The lowest BCUT2D eigenvalue weighted by Gasteiger charge is -2.34. The van der Waals surface area contributed by atoms with E-state index in [2.05, 4.69) is 34.6 Å². The molecule has 1 atom stereocenters. The summed E-state index contributed by atoms with van der Waals surface area (Å²) in [4.78, 5) is 33.8. The zero-order chi connectivity index (χ0) is 23.6. The molecule has 3 rings (SSSR count). The molecule has 0 bridgehead atoms. The quantitative estimate of drug-likeness (QED) is 0.503. The highest BCUT2D eigenvalue weighted by atomic mass is 16.2. The molecule has 0 aliphatic heterocycles. The molecular weight excluding hydrogens is 398 g/mol. The summed E-state index contributed by atoms with van der Waals surface area (Å²) in [5.74, 6) is 0.958. The van der Waals surface area contributed by atoms with Crippen LogP contribution in [-0.4, -0.2) is 26.9 Å². The average Bonchev–Trinajstić information content (AvgIpc) is 2.70. The molecule has 0 aliphatic rings. The van der Waals surface area contributed by atoms with Crippen LogP contribution in [0.1, 0.15) is 65.4 Å². The third-order valence-corrected chi connectivity index (χ3v) is 5.47. The first-order valence-corrected chi connectivity index (χ1v) is 11.4. The first kappa shape index (κ1) is 23.7. The van der Waals surface area contributed by atoms with Crippen LogP contribution in [-0.2, 0) is 4.79 Å². The molecule has 0 fully saturated rings. The molecule has 5 nitrogen and oxygen atoms in total. The third kappa shape index (κ3) is 5.26. The van der Waals surface area contributed by atoms with Crippen molar-refractivity contribution in [3.05, 3.63) is 70.3 Å². The van der Waals surface area contributed by atoms with E-state index in [9.17, 15) is 9.59 Å². The van der Waals surface area contributed by atoms with Crippen molar-refractivity contribution in [2.75, 3.05) is 6.54 Å². The largest absolute Gasteiger partial charge is 0.333 e. The summed E-state index contributed by atoms with van der Waals surface area (Å²) in [6.45, 7) is 15.0. The number of aromatic nitrogens is 2. The van der Waals surface area contributed by atoms with Crippen LogP contribution in [0.5, 0.6) is 0 Å². The topological polar surface area (TPSA) is 55.2 Å². The Morgan fingerprint density at radius 1 is 1.06 bits per heavy atom. The van der Waals surface area contributed by atoms with Gasteiger partial charge in [-0.1, -0.05) is 58.9 Å². The molecule has 0 saturated carbocycles. The van der Waals surface area contributed by atoms with Gasteiger partial charge in [0.1, 0.15) is 5.82 Å². The number of benzene rings is 2. The number of hydrogen-bond acceptors (Lipinski definition) is 3. The molecule has 0 saturated heterocycles. The normalized spacial score (nSPS) is 12.9. The molecular formula is C27H35N3O2. The van der Waals surface area contributed by atoms with Gasteiger partial charge in [-0.15, -0.1) is 0 Å². The minimum absolute atomic E-state index is 0.0805. The van der Waals surface area contributed by atoms with Crippen LogP contribution in [0.3, 0.4) is 0 Å². The minimum atomic E-state index is -0.356. The van der Waals surface area contributed by atoms with Gasteiger partial charge in [0.05, 0.1) is 22.6 Å². The zero-order valence-electron chi connectivity index (χ0n) is 20.3. The summed E-state index contributed by atoms with van der Waals surface area (Å²) < 4.78 is 1.68. The van der Waals surface area contributed by atoms with Gasteiger partial charge in [-0.25, -0.2) is 4.98 Å². The molecule has 1 heterocycles. The monoisotopic (exact) mass is 433 g/mol. The van der Waals surface area contributed by atoms with E-state index in [1.165, 1.54) is 0 Å². The van der Waals surface area contributed by atoms with E-state index >= 15 is 0 Å². The van der Waals surface area contributed by atoms with Gasteiger partial charge in [0.2, 0.25) is 5.91 Å². The van der Waals surface area contributed by atoms with E-state index in [-0.39, 0.29) is 22.9 Å². The molecule has 170 valence electrons.